The molecule has 0 saturated heterocycles. The molecule has 172 valence electrons. The van der Waals surface area contributed by atoms with Gasteiger partial charge in [0.15, 0.2) is 0 Å². The predicted molar refractivity (Wildman–Crippen MR) is 105 cm³/mol. The summed E-state index contributed by atoms with van der Waals surface area (Å²) in [4.78, 5) is 59.1. The van der Waals surface area contributed by atoms with Crippen molar-refractivity contribution in [3.05, 3.63) is 0 Å². The molecular formula is C18H32N4O8. The summed E-state index contributed by atoms with van der Waals surface area (Å²) in [6.07, 6.45) is -0.176. The molecular weight excluding hydrogens is 400 g/mol. The second-order valence-electron chi connectivity index (χ2n) is 7.39. The van der Waals surface area contributed by atoms with Crippen LogP contribution in [0.15, 0.2) is 0 Å². The van der Waals surface area contributed by atoms with E-state index in [1.807, 2.05) is 0 Å². The number of aliphatic carboxylic acids is 2. The van der Waals surface area contributed by atoms with E-state index in [1.54, 1.807) is 27.7 Å². The maximum atomic E-state index is 12.7. The molecule has 0 bridgehead atoms. The Balaban J connectivity index is 5.31. The average Bonchev–Trinajstić information content (AvgIpc) is 2.65. The lowest BCUT2D eigenvalue weighted by atomic mass is 9.97. The van der Waals surface area contributed by atoms with Gasteiger partial charge in [0.1, 0.15) is 18.1 Å². The van der Waals surface area contributed by atoms with Gasteiger partial charge < -0.3 is 37.0 Å². The predicted octanol–water partition coefficient (Wildman–Crippen LogP) is -1.98. The highest BCUT2D eigenvalue weighted by molar-refractivity contribution is 5.94. The lowest BCUT2D eigenvalue weighted by Gasteiger charge is -2.27. The number of aliphatic hydroxyl groups is 1. The zero-order chi connectivity index (χ0) is 23.6. The van der Waals surface area contributed by atoms with E-state index in [0.29, 0.717) is 6.42 Å². The zero-order valence-corrected chi connectivity index (χ0v) is 17.5. The van der Waals surface area contributed by atoms with E-state index in [1.165, 1.54) is 0 Å². The summed E-state index contributed by atoms with van der Waals surface area (Å²) in [5.74, 6) is -5.95. The monoisotopic (exact) mass is 432 g/mol. The Bertz CT molecular complexity index is 640. The summed E-state index contributed by atoms with van der Waals surface area (Å²) in [6.45, 7) is 5.77. The van der Waals surface area contributed by atoms with E-state index in [2.05, 4.69) is 16.0 Å². The molecule has 3 amide bonds. The minimum Gasteiger partial charge on any atom is -0.481 e. The number of nitrogens with two attached hydrogens (primary N) is 1. The highest BCUT2D eigenvalue weighted by Gasteiger charge is 2.33. The number of hydrogen-bond donors (Lipinski definition) is 7. The quantitative estimate of drug-likeness (QED) is 0.172. The van der Waals surface area contributed by atoms with Crippen LogP contribution in [-0.4, -0.2) is 75.8 Å². The normalized spacial score (nSPS) is 16.0. The smallest absolute Gasteiger partial charge is 0.326 e. The minimum atomic E-state index is -1.45. The summed E-state index contributed by atoms with van der Waals surface area (Å²) in [6, 6.07) is -5.19. The molecule has 0 spiro atoms. The molecule has 0 fully saturated rings. The molecule has 5 unspecified atom stereocenters. The van der Waals surface area contributed by atoms with E-state index in [9.17, 15) is 29.1 Å². The van der Waals surface area contributed by atoms with Crippen LogP contribution in [0.2, 0.25) is 0 Å². The molecule has 8 N–H and O–H groups in total. The van der Waals surface area contributed by atoms with Crippen molar-refractivity contribution in [3.63, 3.8) is 0 Å². The van der Waals surface area contributed by atoms with Crippen molar-refractivity contribution >= 4 is 29.7 Å². The Hall–Kier alpha value is -2.73. The minimum absolute atomic E-state index is 0.407. The number of aliphatic hydroxyl groups excluding tert-OH is 1. The number of rotatable bonds is 13. The molecule has 0 saturated carbocycles. The molecule has 0 aliphatic carbocycles. The molecule has 0 radical (unpaired) electrons. The fourth-order valence-corrected chi connectivity index (χ4v) is 2.47. The Kier molecular flexibility index (Phi) is 11.6. The van der Waals surface area contributed by atoms with Crippen molar-refractivity contribution in [2.75, 3.05) is 6.61 Å². The number of carboxylic acid groups (broad SMARTS) is 2. The highest BCUT2D eigenvalue weighted by Crippen LogP contribution is 2.09. The Morgan fingerprint density at radius 1 is 0.867 bits per heavy atom. The van der Waals surface area contributed by atoms with Crippen LogP contribution >= 0.6 is 0 Å². The largest absolute Gasteiger partial charge is 0.481 e. The summed E-state index contributed by atoms with van der Waals surface area (Å²) >= 11 is 0. The van der Waals surface area contributed by atoms with Gasteiger partial charge in [0.05, 0.1) is 19.1 Å². The van der Waals surface area contributed by atoms with Gasteiger partial charge >= 0.3 is 11.9 Å². The number of carboxylic acids is 2. The van der Waals surface area contributed by atoms with Gasteiger partial charge in [-0.15, -0.1) is 0 Å². The summed E-state index contributed by atoms with van der Waals surface area (Å²) in [5, 5.41) is 34.3. The molecule has 0 heterocycles. The molecule has 12 heteroatoms. The van der Waals surface area contributed by atoms with Crippen LogP contribution in [0.5, 0.6) is 0 Å². The number of hydrogen-bond acceptors (Lipinski definition) is 7. The van der Waals surface area contributed by atoms with Crippen molar-refractivity contribution in [2.45, 2.75) is 64.7 Å². The van der Waals surface area contributed by atoms with Gasteiger partial charge in [-0.1, -0.05) is 34.1 Å². The van der Waals surface area contributed by atoms with Crippen molar-refractivity contribution in [3.8, 4) is 0 Å². The van der Waals surface area contributed by atoms with Gasteiger partial charge in [0, 0.05) is 0 Å². The van der Waals surface area contributed by atoms with E-state index in [4.69, 9.17) is 15.9 Å². The fourth-order valence-electron chi connectivity index (χ4n) is 2.47. The first kappa shape index (κ1) is 27.3. The number of nitrogens with one attached hydrogen (secondary N) is 3. The summed E-state index contributed by atoms with van der Waals surface area (Å²) < 4.78 is 0. The van der Waals surface area contributed by atoms with Gasteiger partial charge in [0.25, 0.3) is 0 Å². The Morgan fingerprint density at radius 2 is 1.40 bits per heavy atom. The maximum Gasteiger partial charge on any atom is 0.326 e. The van der Waals surface area contributed by atoms with Crippen LogP contribution in [0.4, 0.5) is 0 Å². The molecule has 12 nitrogen and oxygen atoms in total. The van der Waals surface area contributed by atoms with Gasteiger partial charge in [-0.25, -0.2) is 4.79 Å². The van der Waals surface area contributed by atoms with Gasteiger partial charge in [0.2, 0.25) is 17.7 Å². The standard InChI is InChI=1S/C18H32N4O8/c1-5-9(4)14(22-15(26)10(19)6-12(24)25)17(28)20-11(7-23)16(27)21-13(8(2)3)18(29)30/h8-11,13-14,23H,5-7,19H2,1-4H3,(H,20,28)(H,21,27)(H,22,26)(H,24,25)(H,29,30). The maximum absolute atomic E-state index is 12.7. The topological polar surface area (TPSA) is 208 Å². The Morgan fingerprint density at radius 3 is 1.80 bits per heavy atom. The van der Waals surface area contributed by atoms with Gasteiger partial charge in [-0.05, 0) is 11.8 Å². The number of amides is 3. The first-order valence-corrected chi connectivity index (χ1v) is 9.57. The lowest BCUT2D eigenvalue weighted by molar-refractivity contribution is -0.144. The van der Waals surface area contributed by atoms with Crippen LogP contribution in [0, 0.1) is 11.8 Å². The van der Waals surface area contributed by atoms with E-state index < -0.39 is 78.7 Å². The molecule has 0 aromatic rings. The first-order valence-electron chi connectivity index (χ1n) is 9.57. The van der Waals surface area contributed by atoms with E-state index in [0.717, 1.165) is 0 Å². The van der Waals surface area contributed by atoms with E-state index in [-0.39, 0.29) is 0 Å². The van der Waals surface area contributed by atoms with E-state index >= 15 is 0 Å². The summed E-state index contributed by atoms with van der Waals surface area (Å²) in [5.41, 5.74) is 5.51. The van der Waals surface area contributed by atoms with Crippen molar-refractivity contribution in [2.24, 2.45) is 17.6 Å². The second kappa shape index (κ2) is 12.8. The van der Waals surface area contributed by atoms with Gasteiger partial charge in [-0.2, -0.15) is 0 Å². The molecule has 30 heavy (non-hydrogen) atoms. The summed E-state index contributed by atoms with van der Waals surface area (Å²) in [7, 11) is 0. The molecule has 0 aliphatic rings. The third-order valence-electron chi connectivity index (χ3n) is 4.57. The lowest BCUT2D eigenvalue weighted by Crippen LogP contribution is -2.60. The van der Waals surface area contributed by atoms with Crippen LogP contribution in [0.3, 0.4) is 0 Å². The molecule has 0 aliphatic heterocycles. The van der Waals surface area contributed by atoms with Crippen LogP contribution in [-0.2, 0) is 24.0 Å². The molecule has 0 rings (SSSR count). The second-order valence-corrected chi connectivity index (χ2v) is 7.39. The Labute approximate surface area is 174 Å². The third kappa shape index (κ3) is 8.74. The van der Waals surface area contributed by atoms with Crippen molar-refractivity contribution in [1.29, 1.82) is 0 Å². The zero-order valence-electron chi connectivity index (χ0n) is 17.5. The molecule has 0 aromatic carbocycles. The SMILES string of the molecule is CCC(C)C(NC(=O)C(N)CC(=O)O)C(=O)NC(CO)C(=O)NC(C(=O)O)C(C)C. The third-order valence-corrected chi connectivity index (χ3v) is 4.57. The fraction of sp³-hybridized carbons (Fsp3) is 0.722. The first-order chi connectivity index (χ1) is 13.8. The van der Waals surface area contributed by atoms with Crippen LogP contribution in [0.25, 0.3) is 0 Å². The number of carbonyl (C=O) groups is 5. The van der Waals surface area contributed by atoms with Crippen molar-refractivity contribution in [1.82, 2.24) is 16.0 Å². The molecule has 0 aromatic heterocycles. The molecule has 5 atom stereocenters. The van der Waals surface area contributed by atoms with Gasteiger partial charge in [-0.3, -0.25) is 19.2 Å². The average molecular weight is 432 g/mol. The highest BCUT2D eigenvalue weighted by atomic mass is 16.4. The van der Waals surface area contributed by atoms with Crippen LogP contribution in [0.1, 0.15) is 40.5 Å². The van der Waals surface area contributed by atoms with Crippen molar-refractivity contribution < 1.29 is 39.3 Å². The number of carbonyl (C=O) groups excluding carboxylic acids is 3. The van der Waals surface area contributed by atoms with Crippen LogP contribution < -0.4 is 21.7 Å².